The molecule has 150 valence electrons. The van der Waals surface area contributed by atoms with Crippen molar-refractivity contribution in [2.24, 2.45) is 0 Å². The van der Waals surface area contributed by atoms with E-state index in [1.807, 2.05) is 0 Å². The normalized spacial score (nSPS) is 11.0. The zero-order chi connectivity index (χ0) is 20.7. The Balaban J connectivity index is 1.98. The van der Waals surface area contributed by atoms with Crippen LogP contribution in [0.15, 0.2) is 42.5 Å². The third-order valence-electron chi connectivity index (χ3n) is 3.65. The number of amides is 1. The first-order chi connectivity index (χ1) is 13.2. The number of carbonyl (C=O) groups excluding carboxylic acids is 1. The van der Waals surface area contributed by atoms with Gasteiger partial charge in [-0.1, -0.05) is 24.9 Å². The summed E-state index contributed by atoms with van der Waals surface area (Å²) < 4.78 is 44.0. The number of halogens is 4. The van der Waals surface area contributed by atoms with Crippen LogP contribution in [0.25, 0.3) is 0 Å². The van der Waals surface area contributed by atoms with E-state index in [0.717, 1.165) is 31.0 Å². The van der Waals surface area contributed by atoms with Gasteiger partial charge in [-0.05, 0) is 61.1 Å². The Morgan fingerprint density at radius 2 is 1.86 bits per heavy atom. The molecule has 2 N–H and O–H groups in total. The maximum atomic E-state index is 12.8. The van der Waals surface area contributed by atoms with Crippen LogP contribution in [0.1, 0.15) is 35.7 Å². The monoisotopic (exact) mass is 430 g/mol. The molecule has 2 aromatic carbocycles. The predicted octanol–water partition coefficient (Wildman–Crippen LogP) is 5.66. The van der Waals surface area contributed by atoms with Crippen molar-refractivity contribution in [3.63, 3.8) is 0 Å². The first-order valence-corrected chi connectivity index (χ1v) is 9.21. The molecule has 0 saturated carbocycles. The van der Waals surface area contributed by atoms with Crippen LogP contribution in [0.4, 0.5) is 18.9 Å². The second kappa shape index (κ2) is 9.75. The first-order valence-electron chi connectivity index (χ1n) is 8.42. The number of ether oxygens (including phenoxy) is 1. The summed E-state index contributed by atoms with van der Waals surface area (Å²) in [5, 5.41) is 4.78. The molecule has 0 spiro atoms. The number of hydrogen-bond acceptors (Lipinski definition) is 3. The molecule has 0 aliphatic heterocycles. The van der Waals surface area contributed by atoms with Gasteiger partial charge in [-0.15, -0.1) is 0 Å². The fourth-order valence-corrected chi connectivity index (χ4v) is 2.53. The Bertz CT molecular complexity index is 842. The van der Waals surface area contributed by atoms with E-state index < -0.39 is 17.6 Å². The summed E-state index contributed by atoms with van der Waals surface area (Å²) >= 11 is 10.9. The number of hydrogen-bond donors (Lipinski definition) is 2. The second-order valence-electron chi connectivity index (χ2n) is 5.83. The summed E-state index contributed by atoms with van der Waals surface area (Å²) in [5.74, 6) is 0.127. The maximum Gasteiger partial charge on any atom is 0.416 e. The summed E-state index contributed by atoms with van der Waals surface area (Å²) in [7, 11) is 0. The summed E-state index contributed by atoms with van der Waals surface area (Å²) in [6, 6.07) is 9.24. The van der Waals surface area contributed by atoms with Gasteiger partial charge >= 0.3 is 6.18 Å². The number of anilines is 1. The molecule has 28 heavy (non-hydrogen) atoms. The van der Waals surface area contributed by atoms with Gasteiger partial charge in [0.25, 0.3) is 5.91 Å². The summed E-state index contributed by atoms with van der Waals surface area (Å²) in [6.07, 6.45) is -2.58. The highest BCUT2D eigenvalue weighted by Crippen LogP contribution is 2.33. The SMILES string of the molecule is CCCCOc1ccc(C(=O)NC(=S)Nc2cc(C(F)(F)F)ccc2Cl)cc1. The van der Waals surface area contributed by atoms with Gasteiger partial charge in [0.1, 0.15) is 5.75 Å². The van der Waals surface area contributed by atoms with Crippen LogP contribution in [0, 0.1) is 0 Å². The van der Waals surface area contributed by atoms with Crippen LogP contribution in [0.2, 0.25) is 5.02 Å². The molecule has 9 heteroatoms. The van der Waals surface area contributed by atoms with Gasteiger partial charge in [-0.3, -0.25) is 10.1 Å². The number of benzene rings is 2. The van der Waals surface area contributed by atoms with E-state index in [1.54, 1.807) is 24.3 Å². The van der Waals surface area contributed by atoms with Crippen molar-refractivity contribution in [2.75, 3.05) is 11.9 Å². The lowest BCUT2D eigenvalue weighted by Gasteiger charge is -2.14. The van der Waals surface area contributed by atoms with E-state index in [0.29, 0.717) is 17.9 Å². The third kappa shape index (κ3) is 6.38. The maximum absolute atomic E-state index is 12.8. The number of rotatable bonds is 6. The number of thiocarbonyl (C=S) groups is 1. The number of alkyl halides is 3. The minimum absolute atomic E-state index is 0.0400. The molecule has 0 atom stereocenters. The second-order valence-corrected chi connectivity index (χ2v) is 6.64. The van der Waals surface area contributed by atoms with Crippen molar-refractivity contribution in [1.82, 2.24) is 5.32 Å². The summed E-state index contributed by atoms with van der Waals surface area (Å²) in [4.78, 5) is 12.2. The van der Waals surface area contributed by atoms with Crippen LogP contribution in [-0.4, -0.2) is 17.6 Å². The lowest BCUT2D eigenvalue weighted by Crippen LogP contribution is -2.34. The van der Waals surface area contributed by atoms with Crippen LogP contribution < -0.4 is 15.4 Å². The summed E-state index contributed by atoms with van der Waals surface area (Å²) in [5.41, 5.74) is -0.615. The van der Waals surface area contributed by atoms with Crippen LogP contribution in [0.3, 0.4) is 0 Å². The van der Waals surface area contributed by atoms with E-state index in [-0.39, 0.29) is 15.8 Å². The van der Waals surface area contributed by atoms with Crippen LogP contribution in [-0.2, 0) is 6.18 Å². The lowest BCUT2D eigenvalue weighted by atomic mass is 10.2. The van der Waals surface area contributed by atoms with E-state index in [4.69, 9.17) is 28.6 Å². The molecule has 2 aromatic rings. The third-order valence-corrected chi connectivity index (χ3v) is 4.19. The predicted molar refractivity (Wildman–Crippen MR) is 107 cm³/mol. The van der Waals surface area contributed by atoms with Gasteiger partial charge in [-0.2, -0.15) is 13.2 Å². The molecule has 0 aliphatic carbocycles. The van der Waals surface area contributed by atoms with Gasteiger partial charge < -0.3 is 10.1 Å². The van der Waals surface area contributed by atoms with Gasteiger partial charge in [0.15, 0.2) is 5.11 Å². The molecule has 0 unspecified atom stereocenters. The molecular weight excluding hydrogens is 413 g/mol. The quantitative estimate of drug-likeness (QED) is 0.458. The lowest BCUT2D eigenvalue weighted by molar-refractivity contribution is -0.137. The fourth-order valence-electron chi connectivity index (χ4n) is 2.16. The van der Waals surface area contributed by atoms with Gasteiger partial charge in [0, 0.05) is 5.56 Å². The highest BCUT2D eigenvalue weighted by atomic mass is 35.5. The molecule has 0 saturated heterocycles. The Kier molecular flexibility index (Phi) is 7.65. The van der Waals surface area contributed by atoms with Gasteiger partial charge in [0.05, 0.1) is 22.9 Å². The minimum atomic E-state index is -4.52. The molecule has 0 aromatic heterocycles. The van der Waals surface area contributed by atoms with Crippen molar-refractivity contribution in [3.05, 3.63) is 58.6 Å². The van der Waals surface area contributed by atoms with Crippen molar-refractivity contribution >= 4 is 40.5 Å². The van der Waals surface area contributed by atoms with Crippen molar-refractivity contribution in [1.29, 1.82) is 0 Å². The highest BCUT2D eigenvalue weighted by Gasteiger charge is 2.31. The molecule has 0 heterocycles. The number of unbranched alkanes of at least 4 members (excludes halogenated alkanes) is 1. The topological polar surface area (TPSA) is 50.4 Å². The summed E-state index contributed by atoms with van der Waals surface area (Å²) in [6.45, 7) is 2.65. The molecule has 0 radical (unpaired) electrons. The Hall–Kier alpha value is -2.32. The molecule has 4 nitrogen and oxygen atoms in total. The van der Waals surface area contributed by atoms with Crippen LogP contribution >= 0.6 is 23.8 Å². The zero-order valence-electron chi connectivity index (χ0n) is 14.9. The largest absolute Gasteiger partial charge is 0.494 e. The Morgan fingerprint density at radius 1 is 1.18 bits per heavy atom. The Labute approximate surface area is 171 Å². The van der Waals surface area contributed by atoms with E-state index >= 15 is 0 Å². The molecular formula is C19H18ClF3N2O2S. The molecule has 2 rings (SSSR count). The minimum Gasteiger partial charge on any atom is -0.494 e. The molecule has 1 amide bonds. The van der Waals surface area contributed by atoms with Crippen molar-refractivity contribution < 1.29 is 22.7 Å². The zero-order valence-corrected chi connectivity index (χ0v) is 16.5. The van der Waals surface area contributed by atoms with Gasteiger partial charge in [0.2, 0.25) is 0 Å². The number of carbonyl (C=O) groups is 1. The average Bonchev–Trinajstić information content (AvgIpc) is 2.63. The number of nitrogens with one attached hydrogen (secondary N) is 2. The average molecular weight is 431 g/mol. The smallest absolute Gasteiger partial charge is 0.416 e. The standard InChI is InChI=1S/C19H18ClF3N2O2S/c1-2-3-10-27-14-7-4-12(5-8-14)17(26)25-18(28)24-16-11-13(19(21,22)23)6-9-15(16)20/h4-9,11H,2-3,10H2,1H3,(H2,24,25,26,28). The Morgan fingerprint density at radius 3 is 2.46 bits per heavy atom. The van der Waals surface area contributed by atoms with E-state index in [1.165, 1.54) is 0 Å². The van der Waals surface area contributed by atoms with Crippen LogP contribution in [0.5, 0.6) is 5.75 Å². The molecule has 0 bridgehead atoms. The van der Waals surface area contributed by atoms with Crippen molar-refractivity contribution in [2.45, 2.75) is 25.9 Å². The van der Waals surface area contributed by atoms with Gasteiger partial charge in [-0.25, -0.2) is 0 Å². The van der Waals surface area contributed by atoms with E-state index in [9.17, 15) is 18.0 Å². The van der Waals surface area contributed by atoms with E-state index in [2.05, 4.69) is 17.6 Å². The molecule has 0 fully saturated rings. The highest BCUT2D eigenvalue weighted by molar-refractivity contribution is 7.80. The molecule has 0 aliphatic rings. The fraction of sp³-hybridized carbons (Fsp3) is 0.263. The van der Waals surface area contributed by atoms with Crippen molar-refractivity contribution in [3.8, 4) is 5.75 Å². The first kappa shape index (κ1) is 22.0.